The van der Waals surface area contributed by atoms with E-state index in [1.165, 1.54) is 12.1 Å². The van der Waals surface area contributed by atoms with Gasteiger partial charge in [0.15, 0.2) is 0 Å². The van der Waals surface area contributed by atoms with Crippen molar-refractivity contribution in [1.29, 1.82) is 0 Å². The van der Waals surface area contributed by atoms with Crippen LogP contribution in [0.25, 0.3) is 0 Å². The zero-order valence-corrected chi connectivity index (χ0v) is 11.1. The van der Waals surface area contributed by atoms with Crippen molar-refractivity contribution in [2.24, 2.45) is 5.41 Å². The highest BCUT2D eigenvalue weighted by molar-refractivity contribution is 9.10. The van der Waals surface area contributed by atoms with Gasteiger partial charge in [-0.15, -0.1) is 0 Å². The fraction of sp³-hybridized carbons (Fsp3) is 0.500. The van der Waals surface area contributed by atoms with Gasteiger partial charge in [-0.3, -0.25) is 0 Å². The largest absolute Gasteiger partial charge is 0.390 e. The van der Waals surface area contributed by atoms with Gasteiger partial charge in [0.1, 0.15) is 11.9 Å². The van der Waals surface area contributed by atoms with Crippen LogP contribution in [0, 0.1) is 11.2 Å². The molecule has 1 aromatic rings. The Bertz CT molecular complexity index is 374. The highest BCUT2D eigenvalue weighted by atomic mass is 79.9. The monoisotopic (exact) mass is 290 g/mol. The minimum Gasteiger partial charge on any atom is -0.390 e. The molecular formula is C12H16BrFO2. The normalized spacial score (nSPS) is 15.9. The maximum absolute atomic E-state index is 13.5. The molecule has 1 aromatic carbocycles. The Morgan fingerprint density at radius 2 is 1.81 bits per heavy atom. The number of aliphatic hydroxyl groups is 2. The van der Waals surface area contributed by atoms with Crippen LogP contribution in [-0.2, 0) is 0 Å². The summed E-state index contributed by atoms with van der Waals surface area (Å²) < 4.78 is 14.1. The maximum Gasteiger partial charge on any atom is 0.129 e. The van der Waals surface area contributed by atoms with E-state index in [-0.39, 0.29) is 5.56 Å². The summed E-state index contributed by atoms with van der Waals surface area (Å²) in [6.45, 7) is 5.37. The summed E-state index contributed by atoms with van der Waals surface area (Å²) in [7, 11) is 0. The molecule has 0 aliphatic carbocycles. The van der Waals surface area contributed by atoms with Crippen molar-refractivity contribution in [1.82, 2.24) is 0 Å². The molecule has 0 aliphatic rings. The molecule has 0 saturated heterocycles. The van der Waals surface area contributed by atoms with E-state index >= 15 is 0 Å². The lowest BCUT2D eigenvalue weighted by Crippen LogP contribution is -2.32. The van der Waals surface area contributed by atoms with E-state index < -0.39 is 23.4 Å². The molecule has 90 valence electrons. The maximum atomic E-state index is 13.5. The Labute approximate surface area is 103 Å². The zero-order valence-electron chi connectivity index (χ0n) is 9.54. The molecule has 4 heteroatoms. The van der Waals surface area contributed by atoms with Crippen molar-refractivity contribution < 1.29 is 14.6 Å². The lowest BCUT2D eigenvalue weighted by atomic mass is 9.83. The Kier molecular flexibility index (Phi) is 4.10. The standard InChI is InChI=1S/C12H16BrFO2/c1-12(2,3)11(16)10(15)8-6-7(13)4-5-9(8)14/h4-6,10-11,15-16H,1-3H3. The summed E-state index contributed by atoms with van der Waals surface area (Å²) in [5, 5.41) is 19.8. The van der Waals surface area contributed by atoms with Gasteiger partial charge in [-0.2, -0.15) is 0 Å². The second-order valence-corrected chi connectivity index (χ2v) is 5.84. The van der Waals surface area contributed by atoms with Gasteiger partial charge in [0, 0.05) is 10.0 Å². The lowest BCUT2D eigenvalue weighted by molar-refractivity contribution is -0.0472. The summed E-state index contributed by atoms with van der Waals surface area (Å²) in [4.78, 5) is 0. The van der Waals surface area contributed by atoms with Crippen LogP contribution in [0.2, 0.25) is 0 Å². The second kappa shape index (κ2) is 4.82. The molecule has 0 radical (unpaired) electrons. The highest BCUT2D eigenvalue weighted by Gasteiger charge is 2.31. The minimum absolute atomic E-state index is 0.108. The molecule has 0 fully saturated rings. The first-order valence-electron chi connectivity index (χ1n) is 5.04. The quantitative estimate of drug-likeness (QED) is 0.879. The lowest BCUT2D eigenvalue weighted by Gasteiger charge is -2.30. The minimum atomic E-state index is -1.22. The number of rotatable bonds is 2. The number of hydrogen-bond donors (Lipinski definition) is 2. The van der Waals surface area contributed by atoms with Crippen molar-refractivity contribution in [2.45, 2.75) is 33.0 Å². The average Bonchev–Trinajstić information content (AvgIpc) is 2.18. The van der Waals surface area contributed by atoms with Crippen molar-refractivity contribution >= 4 is 15.9 Å². The Morgan fingerprint density at radius 1 is 1.25 bits per heavy atom. The summed E-state index contributed by atoms with van der Waals surface area (Å²) in [5.41, 5.74) is -0.398. The van der Waals surface area contributed by atoms with Gasteiger partial charge < -0.3 is 10.2 Å². The first-order chi connectivity index (χ1) is 7.23. The zero-order chi connectivity index (χ0) is 12.5. The van der Waals surface area contributed by atoms with Gasteiger partial charge in [-0.05, 0) is 23.6 Å². The molecule has 2 atom stereocenters. The molecule has 0 bridgehead atoms. The van der Waals surface area contributed by atoms with Crippen LogP contribution in [0.1, 0.15) is 32.4 Å². The van der Waals surface area contributed by atoms with Gasteiger partial charge >= 0.3 is 0 Å². The summed E-state index contributed by atoms with van der Waals surface area (Å²) in [6.07, 6.45) is -2.24. The molecule has 0 heterocycles. The first-order valence-corrected chi connectivity index (χ1v) is 5.84. The van der Waals surface area contributed by atoms with Crippen LogP contribution in [-0.4, -0.2) is 16.3 Å². The molecule has 0 spiro atoms. The van der Waals surface area contributed by atoms with Gasteiger partial charge in [-0.1, -0.05) is 36.7 Å². The van der Waals surface area contributed by atoms with Crippen molar-refractivity contribution in [3.8, 4) is 0 Å². The number of hydrogen-bond acceptors (Lipinski definition) is 2. The predicted octanol–water partition coefficient (Wildman–Crippen LogP) is 3.03. The average molecular weight is 291 g/mol. The molecule has 2 unspecified atom stereocenters. The first kappa shape index (κ1) is 13.6. The molecule has 0 saturated carbocycles. The topological polar surface area (TPSA) is 40.5 Å². The molecule has 1 rings (SSSR count). The Balaban J connectivity index is 3.05. The van der Waals surface area contributed by atoms with Crippen molar-refractivity contribution in [2.75, 3.05) is 0 Å². The van der Waals surface area contributed by atoms with E-state index in [1.807, 2.05) is 0 Å². The van der Waals surface area contributed by atoms with E-state index in [1.54, 1.807) is 26.8 Å². The summed E-state index contributed by atoms with van der Waals surface area (Å²) in [5.74, 6) is -0.515. The Hall–Kier alpha value is -0.450. The fourth-order valence-electron chi connectivity index (χ4n) is 1.38. The van der Waals surface area contributed by atoms with Crippen LogP contribution in [0.15, 0.2) is 22.7 Å². The van der Waals surface area contributed by atoms with E-state index in [9.17, 15) is 14.6 Å². The van der Waals surface area contributed by atoms with Crippen LogP contribution in [0.5, 0.6) is 0 Å². The molecule has 0 amide bonds. The fourth-order valence-corrected chi connectivity index (χ4v) is 1.76. The van der Waals surface area contributed by atoms with Gasteiger partial charge in [0.2, 0.25) is 0 Å². The van der Waals surface area contributed by atoms with Crippen LogP contribution in [0.4, 0.5) is 4.39 Å². The van der Waals surface area contributed by atoms with Crippen molar-refractivity contribution in [3.05, 3.63) is 34.1 Å². The molecule has 0 aromatic heterocycles. The van der Waals surface area contributed by atoms with Crippen LogP contribution >= 0.6 is 15.9 Å². The predicted molar refractivity (Wildman–Crippen MR) is 64.5 cm³/mol. The van der Waals surface area contributed by atoms with E-state index in [0.29, 0.717) is 4.47 Å². The molecule has 0 aliphatic heterocycles. The van der Waals surface area contributed by atoms with Crippen LogP contribution in [0.3, 0.4) is 0 Å². The molecule has 2 N–H and O–H groups in total. The van der Waals surface area contributed by atoms with E-state index in [0.717, 1.165) is 0 Å². The number of benzene rings is 1. The number of halogens is 2. The molecule has 16 heavy (non-hydrogen) atoms. The third kappa shape index (κ3) is 3.03. The second-order valence-electron chi connectivity index (χ2n) is 4.92. The van der Waals surface area contributed by atoms with E-state index in [4.69, 9.17) is 0 Å². The molecular weight excluding hydrogens is 275 g/mol. The smallest absolute Gasteiger partial charge is 0.129 e. The van der Waals surface area contributed by atoms with Gasteiger partial charge in [0.05, 0.1) is 6.10 Å². The SMILES string of the molecule is CC(C)(C)C(O)C(O)c1cc(Br)ccc1F. The highest BCUT2D eigenvalue weighted by Crippen LogP contribution is 2.32. The van der Waals surface area contributed by atoms with Gasteiger partial charge in [-0.25, -0.2) is 4.39 Å². The third-order valence-corrected chi connectivity index (χ3v) is 2.96. The van der Waals surface area contributed by atoms with Crippen LogP contribution < -0.4 is 0 Å². The van der Waals surface area contributed by atoms with Crippen molar-refractivity contribution in [3.63, 3.8) is 0 Å². The number of aliphatic hydroxyl groups excluding tert-OH is 2. The third-order valence-electron chi connectivity index (χ3n) is 2.46. The van der Waals surface area contributed by atoms with Gasteiger partial charge in [0.25, 0.3) is 0 Å². The summed E-state index contributed by atoms with van der Waals surface area (Å²) in [6, 6.07) is 4.29. The molecule has 2 nitrogen and oxygen atoms in total. The van der Waals surface area contributed by atoms with E-state index in [2.05, 4.69) is 15.9 Å². The Morgan fingerprint density at radius 3 is 2.31 bits per heavy atom. The summed E-state index contributed by atoms with van der Waals surface area (Å²) >= 11 is 3.20.